The molecule has 13 heteroatoms. The third-order valence-corrected chi connectivity index (χ3v) is 5.28. The van der Waals surface area contributed by atoms with Crippen LogP contribution in [0.2, 0.25) is 5.02 Å². The molecule has 1 heterocycles. The highest BCUT2D eigenvalue weighted by molar-refractivity contribution is 7.92. The monoisotopic (exact) mass is 508 g/mol. The number of aryl methyl sites for hydroxylation is 1. The Hall–Kier alpha value is -3.48. The quantitative estimate of drug-likeness (QED) is 0.296. The van der Waals surface area contributed by atoms with Crippen molar-refractivity contribution in [3.05, 3.63) is 64.6 Å². The summed E-state index contributed by atoms with van der Waals surface area (Å²) in [5.74, 6) is -1.02. The number of hydrogen-bond donors (Lipinski definition) is 5. The Balaban J connectivity index is 1.89. The van der Waals surface area contributed by atoms with E-state index in [-0.39, 0.29) is 41.2 Å². The fourth-order valence-corrected chi connectivity index (χ4v) is 3.67. The molecule has 2 aromatic carbocycles. The fourth-order valence-electron chi connectivity index (χ4n) is 2.89. The molecule has 0 saturated carbocycles. The summed E-state index contributed by atoms with van der Waals surface area (Å²) in [6.07, 6.45) is 2.32. The lowest BCUT2D eigenvalue weighted by Gasteiger charge is -2.16. The van der Waals surface area contributed by atoms with Gasteiger partial charge < -0.3 is 21.1 Å². The van der Waals surface area contributed by atoms with Crippen LogP contribution in [0.15, 0.2) is 42.6 Å². The van der Waals surface area contributed by atoms with E-state index in [9.17, 15) is 17.6 Å². The first-order valence-corrected chi connectivity index (χ1v) is 12.2. The molecule has 3 rings (SSSR count). The zero-order valence-electron chi connectivity index (χ0n) is 18.2. The van der Waals surface area contributed by atoms with Crippen molar-refractivity contribution in [1.29, 1.82) is 0 Å². The SMILES string of the molecule is Cc1cccc(Nc2nc(Nc3cc(C(=O)NCCO)ccc3F)ncc2Cl)c1NS(C)(=O)=O. The second-order valence-corrected chi connectivity index (χ2v) is 9.34. The van der Waals surface area contributed by atoms with Gasteiger partial charge in [-0.2, -0.15) is 4.98 Å². The number of carbonyl (C=O) groups excluding carboxylic acids is 1. The van der Waals surface area contributed by atoms with Gasteiger partial charge in [-0.25, -0.2) is 17.8 Å². The normalized spacial score (nSPS) is 11.1. The van der Waals surface area contributed by atoms with Crippen molar-refractivity contribution in [1.82, 2.24) is 15.3 Å². The molecule has 0 bridgehead atoms. The number of halogens is 2. The highest BCUT2D eigenvalue weighted by atomic mass is 35.5. The van der Waals surface area contributed by atoms with Gasteiger partial charge >= 0.3 is 0 Å². The molecule has 0 aliphatic rings. The minimum atomic E-state index is -3.55. The molecule has 0 atom stereocenters. The molecule has 10 nitrogen and oxygen atoms in total. The van der Waals surface area contributed by atoms with Gasteiger partial charge in [-0.3, -0.25) is 9.52 Å². The van der Waals surface area contributed by atoms with E-state index in [1.165, 1.54) is 18.3 Å². The number of nitrogens with zero attached hydrogens (tertiary/aromatic N) is 2. The number of hydrogen-bond acceptors (Lipinski definition) is 8. The van der Waals surface area contributed by atoms with Gasteiger partial charge in [0.25, 0.3) is 5.91 Å². The van der Waals surface area contributed by atoms with Crippen LogP contribution < -0.4 is 20.7 Å². The van der Waals surface area contributed by atoms with Gasteiger partial charge in [0, 0.05) is 12.1 Å². The highest BCUT2D eigenvalue weighted by Gasteiger charge is 2.15. The van der Waals surface area contributed by atoms with Gasteiger partial charge in [-0.05, 0) is 36.8 Å². The zero-order valence-corrected chi connectivity index (χ0v) is 19.8. The minimum absolute atomic E-state index is 0.0241. The van der Waals surface area contributed by atoms with E-state index in [1.807, 2.05) is 0 Å². The van der Waals surface area contributed by atoms with Crippen LogP contribution in [0, 0.1) is 12.7 Å². The van der Waals surface area contributed by atoms with Crippen molar-refractivity contribution < 1.29 is 22.7 Å². The van der Waals surface area contributed by atoms with Crippen LogP contribution in [0.3, 0.4) is 0 Å². The van der Waals surface area contributed by atoms with Crippen LogP contribution >= 0.6 is 11.6 Å². The number of sulfonamides is 1. The Kier molecular flexibility index (Phi) is 7.87. The molecule has 0 aliphatic heterocycles. The van der Waals surface area contributed by atoms with Crippen molar-refractivity contribution in [3.8, 4) is 0 Å². The Bertz CT molecular complexity index is 1320. The summed E-state index contributed by atoms with van der Waals surface area (Å²) in [7, 11) is -3.55. The van der Waals surface area contributed by atoms with Crippen molar-refractivity contribution in [3.63, 3.8) is 0 Å². The van der Waals surface area contributed by atoms with Crippen LogP contribution in [0.5, 0.6) is 0 Å². The van der Waals surface area contributed by atoms with Gasteiger partial charge in [0.2, 0.25) is 16.0 Å². The van der Waals surface area contributed by atoms with E-state index in [2.05, 4.69) is 30.6 Å². The van der Waals surface area contributed by atoms with E-state index in [4.69, 9.17) is 16.7 Å². The van der Waals surface area contributed by atoms with E-state index in [0.717, 1.165) is 12.3 Å². The smallest absolute Gasteiger partial charge is 0.251 e. The number of rotatable bonds is 9. The Morgan fingerprint density at radius 1 is 1.18 bits per heavy atom. The third-order valence-electron chi connectivity index (χ3n) is 4.43. The third kappa shape index (κ3) is 6.53. The number of benzene rings is 2. The Morgan fingerprint density at radius 2 is 1.94 bits per heavy atom. The molecule has 1 amide bonds. The van der Waals surface area contributed by atoms with Gasteiger partial charge in [0.1, 0.15) is 10.8 Å². The van der Waals surface area contributed by atoms with Crippen molar-refractivity contribution in [2.75, 3.05) is 34.8 Å². The average molecular weight is 509 g/mol. The maximum atomic E-state index is 14.4. The summed E-state index contributed by atoms with van der Waals surface area (Å²) < 4.78 is 40.4. The molecule has 3 aromatic rings. The summed E-state index contributed by atoms with van der Waals surface area (Å²) >= 11 is 6.22. The summed E-state index contributed by atoms with van der Waals surface area (Å²) in [5, 5.41) is 17.1. The number of aliphatic hydroxyl groups is 1. The molecule has 5 N–H and O–H groups in total. The lowest BCUT2D eigenvalue weighted by Crippen LogP contribution is -2.26. The van der Waals surface area contributed by atoms with Crippen LogP contribution in [0.25, 0.3) is 0 Å². The van der Waals surface area contributed by atoms with Gasteiger partial charge in [0.05, 0.1) is 36.1 Å². The average Bonchev–Trinajstić information content (AvgIpc) is 2.77. The first-order valence-electron chi connectivity index (χ1n) is 9.90. The number of nitrogens with one attached hydrogen (secondary N) is 4. The fraction of sp³-hybridized carbons (Fsp3) is 0.190. The summed E-state index contributed by atoms with van der Waals surface area (Å²) in [5.41, 5.74) is 1.49. The molecular formula is C21H22ClFN6O4S. The topological polar surface area (TPSA) is 145 Å². The van der Waals surface area contributed by atoms with Gasteiger partial charge in [0.15, 0.2) is 5.82 Å². The van der Waals surface area contributed by atoms with Crippen LogP contribution in [0.4, 0.5) is 33.2 Å². The number of amides is 1. The molecular weight excluding hydrogens is 487 g/mol. The number of aliphatic hydroxyl groups excluding tert-OH is 1. The van der Waals surface area contributed by atoms with Crippen molar-refractivity contribution in [2.45, 2.75) is 6.92 Å². The maximum Gasteiger partial charge on any atom is 0.251 e. The molecule has 0 fully saturated rings. The molecule has 0 radical (unpaired) electrons. The Labute approximate surface area is 200 Å². The predicted octanol–water partition coefficient (Wildman–Crippen LogP) is 3.16. The number of anilines is 5. The van der Waals surface area contributed by atoms with Crippen LogP contribution in [0.1, 0.15) is 15.9 Å². The van der Waals surface area contributed by atoms with Gasteiger partial charge in [-0.15, -0.1) is 0 Å². The summed E-state index contributed by atoms with van der Waals surface area (Å²) in [4.78, 5) is 20.4. The Morgan fingerprint density at radius 3 is 2.65 bits per heavy atom. The molecule has 0 unspecified atom stereocenters. The molecule has 0 saturated heterocycles. The highest BCUT2D eigenvalue weighted by Crippen LogP contribution is 2.32. The molecule has 0 aliphatic carbocycles. The summed E-state index contributed by atoms with van der Waals surface area (Å²) in [6.45, 7) is 1.57. The van der Waals surface area contributed by atoms with Crippen molar-refractivity contribution in [2.24, 2.45) is 0 Å². The number of carbonyl (C=O) groups is 1. The maximum absolute atomic E-state index is 14.4. The lowest BCUT2D eigenvalue weighted by molar-refractivity contribution is 0.0944. The zero-order chi connectivity index (χ0) is 24.9. The minimum Gasteiger partial charge on any atom is -0.395 e. The van der Waals surface area contributed by atoms with Gasteiger partial charge in [-0.1, -0.05) is 23.7 Å². The number of para-hydroxylation sites is 1. The van der Waals surface area contributed by atoms with E-state index >= 15 is 0 Å². The molecule has 0 spiro atoms. The van der Waals surface area contributed by atoms with Crippen molar-refractivity contribution >= 4 is 56.4 Å². The molecule has 34 heavy (non-hydrogen) atoms. The molecule has 1 aromatic heterocycles. The lowest BCUT2D eigenvalue weighted by atomic mass is 10.1. The largest absolute Gasteiger partial charge is 0.395 e. The van der Waals surface area contributed by atoms with Crippen LogP contribution in [-0.2, 0) is 10.0 Å². The standard InChI is InChI=1S/C21H22ClFN6O4S/c1-12-4-3-5-16(18(12)29-34(2,32)33)26-19-14(22)11-25-21(28-19)27-17-10-13(6-7-15(17)23)20(31)24-8-9-30/h3-7,10-11,29-30H,8-9H2,1-2H3,(H,24,31)(H2,25,26,27,28). The second-order valence-electron chi connectivity index (χ2n) is 7.19. The van der Waals surface area contributed by atoms with E-state index < -0.39 is 21.7 Å². The predicted molar refractivity (Wildman–Crippen MR) is 129 cm³/mol. The van der Waals surface area contributed by atoms with E-state index in [0.29, 0.717) is 16.9 Å². The summed E-state index contributed by atoms with van der Waals surface area (Å²) in [6, 6.07) is 8.79. The molecule has 180 valence electrons. The first-order chi connectivity index (χ1) is 16.1. The second kappa shape index (κ2) is 10.6. The van der Waals surface area contributed by atoms with Crippen LogP contribution in [-0.4, -0.2) is 48.8 Å². The number of aromatic nitrogens is 2. The van der Waals surface area contributed by atoms with E-state index in [1.54, 1.807) is 25.1 Å². The first kappa shape index (κ1) is 25.1.